The molecular weight excluding hydrogens is 374 g/mol. The van der Waals surface area contributed by atoms with Crippen LogP contribution in [-0.2, 0) is 4.79 Å². The van der Waals surface area contributed by atoms with Crippen LogP contribution < -0.4 is 5.32 Å². The van der Waals surface area contributed by atoms with Crippen molar-refractivity contribution in [3.05, 3.63) is 35.4 Å². The van der Waals surface area contributed by atoms with Crippen LogP contribution in [-0.4, -0.2) is 10.2 Å². The van der Waals surface area contributed by atoms with Gasteiger partial charge in [0.05, 0.1) is 11.5 Å². The Balaban J connectivity index is 1.39. The van der Waals surface area contributed by atoms with Crippen molar-refractivity contribution >= 4 is 21.8 Å². The van der Waals surface area contributed by atoms with Gasteiger partial charge in [0.2, 0.25) is 5.91 Å². The Bertz CT molecular complexity index is 678. The number of rotatable bonds is 4. The third-order valence-corrected chi connectivity index (χ3v) is 8.22. The molecule has 4 bridgehead atoms. The molecule has 0 radical (unpaired) electrons. The summed E-state index contributed by atoms with van der Waals surface area (Å²) in [5.74, 6) is 2.50. The van der Waals surface area contributed by atoms with Crippen LogP contribution in [0, 0.1) is 30.1 Å². The van der Waals surface area contributed by atoms with Gasteiger partial charge >= 0.3 is 0 Å². The zero-order valence-corrected chi connectivity index (χ0v) is 16.6. The first-order valence-electron chi connectivity index (χ1n) is 10.0. The van der Waals surface area contributed by atoms with Crippen LogP contribution in [0.3, 0.4) is 0 Å². The van der Waals surface area contributed by atoms with Gasteiger partial charge in [0.1, 0.15) is 0 Å². The molecule has 2 nitrogen and oxygen atoms in total. The van der Waals surface area contributed by atoms with Crippen molar-refractivity contribution in [3.8, 4) is 0 Å². The first kappa shape index (κ1) is 16.4. The second-order valence-corrected chi connectivity index (χ2v) is 11.3. The van der Waals surface area contributed by atoms with Gasteiger partial charge in [0, 0.05) is 4.32 Å². The first-order chi connectivity index (χ1) is 11.9. The van der Waals surface area contributed by atoms with E-state index in [1.165, 1.54) is 43.2 Å². The molecule has 1 aromatic carbocycles. The molecule has 0 aliphatic heterocycles. The van der Waals surface area contributed by atoms with Crippen molar-refractivity contribution in [1.82, 2.24) is 5.32 Å². The van der Waals surface area contributed by atoms with E-state index in [2.05, 4.69) is 52.4 Å². The van der Waals surface area contributed by atoms with E-state index in [9.17, 15) is 4.79 Å². The van der Waals surface area contributed by atoms with E-state index in [1.807, 2.05) is 0 Å². The standard InChI is InChI=1S/C22H28BrNO/c1-14-2-4-17(5-3-14)19(18-6-7-18)24-20(25)21-9-15-8-16(10-21)12-22(23,11-15)13-21/h2-5,15-16,18-19H,6-13H2,1H3,(H,24,25). The van der Waals surface area contributed by atoms with Crippen LogP contribution >= 0.6 is 15.9 Å². The average Bonchev–Trinajstić information content (AvgIpc) is 3.35. The molecule has 134 valence electrons. The predicted molar refractivity (Wildman–Crippen MR) is 104 cm³/mol. The molecule has 0 heterocycles. The molecule has 3 atom stereocenters. The molecule has 6 rings (SSSR count). The summed E-state index contributed by atoms with van der Waals surface area (Å²) in [7, 11) is 0. The molecule has 0 spiro atoms. The molecule has 3 unspecified atom stereocenters. The van der Waals surface area contributed by atoms with Crippen molar-refractivity contribution < 1.29 is 4.79 Å². The van der Waals surface area contributed by atoms with Crippen molar-refractivity contribution in [1.29, 1.82) is 0 Å². The van der Waals surface area contributed by atoms with Gasteiger partial charge in [0.15, 0.2) is 0 Å². The van der Waals surface area contributed by atoms with Crippen LogP contribution in [0.2, 0.25) is 0 Å². The Kier molecular flexibility index (Phi) is 3.65. The highest BCUT2D eigenvalue weighted by molar-refractivity contribution is 9.10. The lowest BCUT2D eigenvalue weighted by molar-refractivity contribution is -0.145. The Morgan fingerprint density at radius 1 is 1.12 bits per heavy atom. The van der Waals surface area contributed by atoms with Crippen molar-refractivity contribution in [2.75, 3.05) is 0 Å². The largest absolute Gasteiger partial charge is 0.349 e. The maximum Gasteiger partial charge on any atom is 0.226 e. The maximum absolute atomic E-state index is 13.5. The van der Waals surface area contributed by atoms with Gasteiger partial charge in [0.25, 0.3) is 0 Å². The quantitative estimate of drug-likeness (QED) is 0.681. The third kappa shape index (κ3) is 2.87. The van der Waals surface area contributed by atoms with Gasteiger partial charge in [-0.25, -0.2) is 0 Å². The minimum absolute atomic E-state index is 0.106. The molecule has 5 aliphatic carbocycles. The number of carbonyl (C=O) groups is 1. The monoisotopic (exact) mass is 401 g/mol. The van der Waals surface area contributed by atoms with E-state index >= 15 is 0 Å². The second kappa shape index (κ2) is 5.58. The number of hydrogen-bond acceptors (Lipinski definition) is 1. The molecule has 5 aliphatic rings. The lowest BCUT2D eigenvalue weighted by atomic mass is 9.49. The molecule has 5 saturated carbocycles. The van der Waals surface area contributed by atoms with E-state index in [0.717, 1.165) is 31.1 Å². The Hall–Kier alpha value is -0.830. The number of benzene rings is 1. The number of halogens is 1. The van der Waals surface area contributed by atoms with Gasteiger partial charge in [-0.2, -0.15) is 0 Å². The van der Waals surface area contributed by atoms with E-state index in [1.54, 1.807) is 0 Å². The SMILES string of the molecule is Cc1ccc(C(NC(=O)C23CC4CC(CC(Br)(C4)C2)C3)C2CC2)cc1. The van der Waals surface area contributed by atoms with Crippen LogP contribution in [0.1, 0.15) is 68.5 Å². The molecule has 1 aromatic rings. The number of hydrogen-bond donors (Lipinski definition) is 1. The smallest absolute Gasteiger partial charge is 0.226 e. The topological polar surface area (TPSA) is 29.1 Å². The van der Waals surface area contributed by atoms with E-state index in [0.29, 0.717) is 11.8 Å². The van der Waals surface area contributed by atoms with E-state index in [4.69, 9.17) is 0 Å². The van der Waals surface area contributed by atoms with Gasteiger partial charge < -0.3 is 5.32 Å². The lowest BCUT2D eigenvalue weighted by Crippen LogP contribution is -2.58. The number of aryl methyl sites for hydroxylation is 1. The first-order valence-corrected chi connectivity index (χ1v) is 10.8. The van der Waals surface area contributed by atoms with E-state index in [-0.39, 0.29) is 15.8 Å². The molecule has 3 heteroatoms. The summed E-state index contributed by atoms with van der Waals surface area (Å²) in [6, 6.07) is 8.99. The highest BCUT2D eigenvalue weighted by Crippen LogP contribution is 2.64. The van der Waals surface area contributed by atoms with Crippen LogP contribution in [0.4, 0.5) is 0 Å². The molecule has 0 aromatic heterocycles. The van der Waals surface area contributed by atoms with Crippen LogP contribution in [0.15, 0.2) is 24.3 Å². The summed E-state index contributed by atoms with van der Waals surface area (Å²) in [5.41, 5.74) is 2.47. The minimum atomic E-state index is -0.106. The Labute approximate surface area is 159 Å². The minimum Gasteiger partial charge on any atom is -0.349 e. The van der Waals surface area contributed by atoms with Crippen molar-refractivity contribution in [3.63, 3.8) is 0 Å². The van der Waals surface area contributed by atoms with Gasteiger partial charge in [-0.1, -0.05) is 45.8 Å². The van der Waals surface area contributed by atoms with Gasteiger partial charge in [-0.15, -0.1) is 0 Å². The predicted octanol–water partition coefficient (Wildman–Crippen LogP) is 5.30. The molecule has 1 amide bonds. The molecule has 0 saturated heterocycles. The fraction of sp³-hybridized carbons (Fsp3) is 0.682. The zero-order valence-electron chi connectivity index (χ0n) is 15.1. The summed E-state index contributed by atoms with van der Waals surface area (Å²) < 4.78 is 0.243. The summed E-state index contributed by atoms with van der Waals surface area (Å²) in [5, 5.41) is 3.53. The highest BCUT2D eigenvalue weighted by atomic mass is 79.9. The summed E-state index contributed by atoms with van der Waals surface area (Å²) >= 11 is 4.04. The number of nitrogens with one attached hydrogen (secondary N) is 1. The molecule has 25 heavy (non-hydrogen) atoms. The van der Waals surface area contributed by atoms with Crippen LogP contribution in [0.25, 0.3) is 0 Å². The summed E-state index contributed by atoms with van der Waals surface area (Å²) in [6.07, 6.45) is 9.70. The number of carbonyl (C=O) groups excluding carboxylic acids is 1. The molecule has 1 N–H and O–H groups in total. The fourth-order valence-corrected chi connectivity index (χ4v) is 7.84. The Morgan fingerprint density at radius 2 is 1.76 bits per heavy atom. The Morgan fingerprint density at radius 3 is 2.32 bits per heavy atom. The van der Waals surface area contributed by atoms with Gasteiger partial charge in [-0.3, -0.25) is 4.79 Å². The maximum atomic E-state index is 13.5. The third-order valence-electron chi connectivity index (χ3n) is 7.29. The normalized spacial score (nSPS) is 40.1. The summed E-state index contributed by atoms with van der Waals surface area (Å²) in [6.45, 7) is 2.12. The average molecular weight is 402 g/mol. The highest BCUT2D eigenvalue weighted by Gasteiger charge is 2.60. The van der Waals surface area contributed by atoms with Gasteiger partial charge in [-0.05, 0) is 81.6 Å². The summed E-state index contributed by atoms with van der Waals surface area (Å²) in [4.78, 5) is 13.5. The number of alkyl halides is 1. The number of amides is 1. The van der Waals surface area contributed by atoms with Crippen molar-refractivity contribution in [2.45, 2.75) is 68.7 Å². The lowest BCUT2D eigenvalue weighted by Gasteiger charge is -2.59. The molecule has 5 fully saturated rings. The second-order valence-electron chi connectivity index (χ2n) is 9.59. The van der Waals surface area contributed by atoms with E-state index < -0.39 is 0 Å². The zero-order chi connectivity index (χ0) is 17.2. The van der Waals surface area contributed by atoms with Crippen LogP contribution in [0.5, 0.6) is 0 Å². The fourth-order valence-electron chi connectivity index (χ4n) is 6.39. The molecular formula is C22H28BrNO. The van der Waals surface area contributed by atoms with Crippen molar-refractivity contribution in [2.24, 2.45) is 23.2 Å².